The Morgan fingerprint density at radius 3 is 1.86 bits per heavy atom. The molecule has 1 heterocycles. The second-order valence-corrected chi connectivity index (χ2v) is 14.5. The summed E-state index contributed by atoms with van der Waals surface area (Å²) in [7, 11) is 5.65. The number of rotatable bonds is 18. The van der Waals surface area contributed by atoms with E-state index in [9.17, 15) is 34.2 Å². The Balaban J connectivity index is 2.26. The van der Waals surface area contributed by atoms with E-state index in [1.165, 1.54) is 12.5 Å². The molecule has 14 nitrogen and oxygen atoms in total. The third-order valence-corrected chi connectivity index (χ3v) is 7.83. The highest BCUT2D eigenvalue weighted by molar-refractivity contribution is 5.99. The van der Waals surface area contributed by atoms with Crippen molar-refractivity contribution in [3.8, 4) is 5.75 Å². The first kappa shape index (κ1) is 40.5. The van der Waals surface area contributed by atoms with Crippen LogP contribution in [0.25, 0.3) is 6.08 Å². The number of aromatic amines is 1. The molecule has 0 fully saturated rings. The Hall–Kier alpha value is -4.72. The number of amides is 4. The summed E-state index contributed by atoms with van der Waals surface area (Å²) in [6.07, 6.45) is 4.72. The van der Waals surface area contributed by atoms with Gasteiger partial charge in [-0.05, 0) is 54.4 Å². The molecule has 2 aromatic rings. The van der Waals surface area contributed by atoms with Crippen LogP contribution in [0.15, 0.2) is 42.5 Å². The topological polar surface area (TPSA) is 205 Å². The molecule has 4 amide bonds. The van der Waals surface area contributed by atoms with Crippen molar-refractivity contribution < 1.29 is 38.7 Å². The first-order valence-corrected chi connectivity index (χ1v) is 16.5. The molecule has 0 saturated heterocycles. The van der Waals surface area contributed by atoms with Gasteiger partial charge in [0.2, 0.25) is 17.7 Å². The molecule has 0 bridgehead atoms. The zero-order valence-electron chi connectivity index (χ0n) is 30.0. The van der Waals surface area contributed by atoms with Crippen molar-refractivity contribution in [1.82, 2.24) is 31.2 Å². The molecule has 1 unspecified atom stereocenters. The molecule has 270 valence electrons. The molecule has 0 radical (unpaired) electrons. The van der Waals surface area contributed by atoms with Crippen molar-refractivity contribution >= 4 is 35.7 Å². The Bertz CT molecular complexity index is 1450. The Kier molecular flexibility index (Phi) is 15.0. The van der Waals surface area contributed by atoms with Crippen LogP contribution in [0.4, 0.5) is 0 Å². The van der Waals surface area contributed by atoms with Gasteiger partial charge in [0.1, 0.15) is 23.9 Å². The molecular weight excluding hydrogens is 630 g/mol. The van der Waals surface area contributed by atoms with Crippen molar-refractivity contribution in [2.75, 3.05) is 21.1 Å². The Morgan fingerprint density at radius 1 is 0.837 bits per heavy atom. The number of nitrogens with zero attached hydrogens (tertiary/aromatic N) is 2. The van der Waals surface area contributed by atoms with Gasteiger partial charge in [-0.15, -0.1) is 0 Å². The minimum absolute atomic E-state index is 0.0221. The third-order valence-electron chi connectivity index (χ3n) is 7.83. The number of carboxylic acid groups (broad SMARTS) is 1. The maximum atomic E-state index is 13.8. The molecule has 0 aliphatic rings. The number of nitrogens with one attached hydrogen (secondary N) is 5. The van der Waals surface area contributed by atoms with Crippen LogP contribution in [-0.2, 0) is 30.4 Å². The number of imidazole rings is 1. The second-order valence-electron chi connectivity index (χ2n) is 14.5. The standard InChI is InChI=1S/C35H53N7O7/c1-20(2)14-26(31(44)40-28(35(48)49)17-24-18-36-19-37-24)39-34(47)30(22(5)6)41-32(45)27(15-21(3)4)38-33(46)29(42(7,8)9)16-23-10-12-25(43)13-11-23/h10-13,17-22,26-27,29-30H,14-16H2,1-9H3,(H6-,36,37,38,39,40,41,43,44,45,46,47,48,49)/b28-17-/t26-,27-,29?,30-/m0/s1. The van der Waals surface area contributed by atoms with E-state index < -0.39 is 59.5 Å². The average molecular weight is 684 g/mol. The lowest BCUT2D eigenvalue weighted by Crippen LogP contribution is -2.61. The number of aromatic hydroxyl groups is 1. The van der Waals surface area contributed by atoms with E-state index in [0.29, 0.717) is 18.5 Å². The van der Waals surface area contributed by atoms with Gasteiger partial charge >= 0.3 is 0 Å². The van der Waals surface area contributed by atoms with Crippen LogP contribution >= 0.6 is 0 Å². The van der Waals surface area contributed by atoms with E-state index in [-0.39, 0.29) is 34.4 Å². The number of phenols is 1. The summed E-state index contributed by atoms with van der Waals surface area (Å²) in [5.41, 5.74) is 0.648. The number of aliphatic carboxylic acids is 1. The highest BCUT2D eigenvalue weighted by Crippen LogP contribution is 2.17. The summed E-state index contributed by atoms with van der Waals surface area (Å²) in [6.45, 7) is 11.0. The van der Waals surface area contributed by atoms with Gasteiger partial charge in [0.05, 0.1) is 51.0 Å². The number of aromatic nitrogens is 2. The zero-order valence-corrected chi connectivity index (χ0v) is 30.0. The van der Waals surface area contributed by atoms with Gasteiger partial charge in [0, 0.05) is 6.42 Å². The number of carbonyl (C=O) groups excluding carboxylic acids is 5. The number of carboxylic acids is 1. The molecule has 0 saturated carbocycles. The van der Waals surface area contributed by atoms with Crippen LogP contribution < -0.4 is 26.4 Å². The maximum absolute atomic E-state index is 13.8. The van der Waals surface area contributed by atoms with Crippen LogP contribution in [-0.4, -0.2) is 94.5 Å². The third kappa shape index (κ3) is 13.4. The van der Waals surface area contributed by atoms with Crippen molar-refractivity contribution in [1.29, 1.82) is 0 Å². The molecule has 2 rings (SSSR count). The van der Waals surface area contributed by atoms with Gasteiger partial charge in [0.25, 0.3) is 5.91 Å². The van der Waals surface area contributed by atoms with E-state index in [1.54, 1.807) is 38.1 Å². The molecular formula is C35H53N7O7. The molecule has 6 N–H and O–H groups in total. The monoisotopic (exact) mass is 683 g/mol. The Labute approximate surface area is 288 Å². The largest absolute Gasteiger partial charge is 0.543 e. The molecule has 1 aromatic carbocycles. The number of likely N-dealkylation sites (N-methyl/N-ethyl adjacent to an activating group) is 1. The first-order chi connectivity index (χ1) is 22.8. The maximum Gasteiger partial charge on any atom is 0.279 e. The average Bonchev–Trinajstić information content (AvgIpc) is 3.50. The molecule has 0 aliphatic heterocycles. The van der Waals surface area contributed by atoms with Gasteiger partial charge in [-0.1, -0.05) is 53.7 Å². The highest BCUT2D eigenvalue weighted by Gasteiger charge is 2.36. The minimum atomic E-state index is -1.63. The van der Waals surface area contributed by atoms with Gasteiger partial charge in [-0.25, -0.2) is 4.98 Å². The number of benzene rings is 1. The summed E-state index contributed by atoms with van der Waals surface area (Å²) in [6, 6.07) is 2.88. The van der Waals surface area contributed by atoms with E-state index in [1.807, 2.05) is 48.8 Å². The van der Waals surface area contributed by atoms with Crippen molar-refractivity contribution in [2.45, 2.75) is 85.0 Å². The lowest BCUT2D eigenvalue weighted by molar-refractivity contribution is -0.886. The number of phenolic OH excluding ortho intramolecular Hbond substituents is 1. The van der Waals surface area contributed by atoms with Crippen LogP contribution in [0.1, 0.15) is 65.6 Å². The lowest BCUT2D eigenvalue weighted by Gasteiger charge is -2.34. The lowest BCUT2D eigenvalue weighted by atomic mass is 9.97. The molecule has 1 aromatic heterocycles. The molecule has 49 heavy (non-hydrogen) atoms. The first-order valence-electron chi connectivity index (χ1n) is 16.5. The zero-order chi connectivity index (χ0) is 37.1. The quantitative estimate of drug-likeness (QED) is 0.0979. The predicted molar refractivity (Wildman–Crippen MR) is 183 cm³/mol. The van der Waals surface area contributed by atoms with E-state index >= 15 is 0 Å². The van der Waals surface area contributed by atoms with E-state index in [2.05, 4.69) is 31.2 Å². The van der Waals surface area contributed by atoms with Gasteiger partial charge in [-0.2, -0.15) is 0 Å². The fourth-order valence-corrected chi connectivity index (χ4v) is 5.16. The molecule has 0 spiro atoms. The van der Waals surface area contributed by atoms with Crippen LogP contribution in [0.3, 0.4) is 0 Å². The predicted octanol–water partition coefficient (Wildman–Crippen LogP) is 0.842. The summed E-state index contributed by atoms with van der Waals surface area (Å²) in [4.78, 5) is 72.7. The van der Waals surface area contributed by atoms with Crippen LogP contribution in [0.2, 0.25) is 0 Å². The Morgan fingerprint density at radius 2 is 1.39 bits per heavy atom. The van der Waals surface area contributed by atoms with Crippen molar-refractivity contribution in [3.63, 3.8) is 0 Å². The fourth-order valence-electron chi connectivity index (χ4n) is 5.16. The second kappa shape index (κ2) is 18.2. The van der Waals surface area contributed by atoms with E-state index in [0.717, 1.165) is 11.6 Å². The van der Waals surface area contributed by atoms with Crippen LogP contribution in [0, 0.1) is 17.8 Å². The number of hydrogen-bond acceptors (Lipinski definition) is 8. The number of carbonyl (C=O) groups is 5. The number of H-pyrrole nitrogens is 1. The normalized spacial score (nSPS) is 14.6. The summed E-state index contributed by atoms with van der Waals surface area (Å²) < 4.78 is 0.274. The molecule has 14 heteroatoms. The molecule has 4 atom stereocenters. The van der Waals surface area contributed by atoms with E-state index in [4.69, 9.17) is 0 Å². The van der Waals surface area contributed by atoms with Gasteiger partial charge < -0.3 is 45.7 Å². The molecule has 0 aliphatic carbocycles. The van der Waals surface area contributed by atoms with Gasteiger partial charge in [-0.3, -0.25) is 19.2 Å². The van der Waals surface area contributed by atoms with Gasteiger partial charge in [0.15, 0.2) is 6.04 Å². The smallest absolute Gasteiger partial charge is 0.279 e. The number of quaternary nitrogens is 1. The highest BCUT2D eigenvalue weighted by atomic mass is 16.4. The summed E-state index contributed by atoms with van der Waals surface area (Å²) in [5.74, 6) is -4.25. The minimum Gasteiger partial charge on any atom is -0.543 e. The fraction of sp³-hybridized carbons (Fsp3) is 0.543. The van der Waals surface area contributed by atoms with Crippen molar-refractivity contribution in [2.24, 2.45) is 17.8 Å². The van der Waals surface area contributed by atoms with Crippen molar-refractivity contribution in [3.05, 3.63) is 53.7 Å². The SMILES string of the molecule is CC(C)C[C@H](NC(=O)C(Cc1ccc(O)cc1)[N+](C)(C)C)C(=O)N[C@H](C(=O)N[C@@H](CC(C)C)C(=O)N/C(=C\c1cnc[nH]1)C(=O)[O-])C(C)C. The number of hydrogen-bond donors (Lipinski definition) is 6. The van der Waals surface area contributed by atoms with Crippen LogP contribution in [0.5, 0.6) is 5.75 Å². The summed E-state index contributed by atoms with van der Waals surface area (Å²) in [5, 5.41) is 32.2. The summed E-state index contributed by atoms with van der Waals surface area (Å²) >= 11 is 0.